The number of nitrogens with one attached hydrogen (secondary N) is 1. The highest BCUT2D eigenvalue weighted by molar-refractivity contribution is 7.98. The van der Waals surface area contributed by atoms with Crippen LogP contribution in [0.15, 0.2) is 0 Å². The first-order chi connectivity index (χ1) is 8.63. The molecule has 1 aliphatic heterocycles. The van der Waals surface area contributed by atoms with Crippen molar-refractivity contribution in [1.29, 1.82) is 0 Å². The van der Waals surface area contributed by atoms with Crippen LogP contribution in [0.25, 0.3) is 0 Å². The summed E-state index contributed by atoms with van der Waals surface area (Å²) in [4.78, 5) is 2.53. The average molecular weight is 274 g/mol. The molecule has 1 fully saturated rings. The van der Waals surface area contributed by atoms with Gasteiger partial charge in [-0.1, -0.05) is 6.92 Å². The van der Waals surface area contributed by atoms with Gasteiger partial charge in [-0.2, -0.15) is 11.8 Å². The monoisotopic (exact) mass is 274 g/mol. The number of thioether (sulfide) groups is 1. The third kappa shape index (κ3) is 5.08. The minimum absolute atomic E-state index is 0.412. The minimum Gasteiger partial charge on any atom is -0.381 e. The van der Waals surface area contributed by atoms with Crippen LogP contribution in [0.3, 0.4) is 0 Å². The highest BCUT2D eigenvalue weighted by Gasteiger charge is 2.34. The van der Waals surface area contributed by atoms with E-state index < -0.39 is 0 Å². The normalized spacial score (nSPS) is 21.2. The molecule has 3 nitrogen and oxygen atoms in total. The Balaban J connectivity index is 2.54. The van der Waals surface area contributed by atoms with Gasteiger partial charge in [-0.15, -0.1) is 0 Å². The van der Waals surface area contributed by atoms with Crippen LogP contribution in [0.1, 0.15) is 26.7 Å². The summed E-state index contributed by atoms with van der Waals surface area (Å²) in [6.07, 6.45) is 4.57. The van der Waals surface area contributed by atoms with E-state index >= 15 is 0 Å². The smallest absolute Gasteiger partial charge is 0.0472 e. The Morgan fingerprint density at radius 2 is 2.06 bits per heavy atom. The van der Waals surface area contributed by atoms with Crippen molar-refractivity contribution in [2.75, 3.05) is 51.9 Å². The molecule has 0 bridgehead atoms. The predicted octanol–water partition coefficient (Wildman–Crippen LogP) is 2.08. The van der Waals surface area contributed by atoms with Crippen molar-refractivity contribution in [3.63, 3.8) is 0 Å². The van der Waals surface area contributed by atoms with Crippen LogP contribution in [-0.2, 0) is 4.74 Å². The molecule has 0 saturated carbocycles. The second kappa shape index (κ2) is 8.41. The number of nitrogens with zero attached hydrogens (tertiary/aromatic N) is 1. The highest BCUT2D eigenvalue weighted by Crippen LogP contribution is 2.31. The van der Waals surface area contributed by atoms with Crippen molar-refractivity contribution in [3.8, 4) is 0 Å². The van der Waals surface area contributed by atoms with E-state index in [-0.39, 0.29) is 0 Å². The Labute approximate surface area is 117 Å². The molecule has 0 spiro atoms. The fourth-order valence-corrected chi connectivity index (χ4v) is 3.38. The van der Waals surface area contributed by atoms with Crippen molar-refractivity contribution < 1.29 is 4.74 Å². The summed E-state index contributed by atoms with van der Waals surface area (Å²) in [5.41, 5.74) is 0.412. The van der Waals surface area contributed by atoms with Crippen LogP contribution in [0, 0.1) is 5.41 Å². The lowest BCUT2D eigenvalue weighted by atomic mass is 9.79. The van der Waals surface area contributed by atoms with Crippen molar-refractivity contribution in [1.82, 2.24) is 10.2 Å². The molecular weight excluding hydrogens is 244 g/mol. The largest absolute Gasteiger partial charge is 0.381 e. The van der Waals surface area contributed by atoms with Gasteiger partial charge < -0.3 is 15.0 Å². The summed E-state index contributed by atoms with van der Waals surface area (Å²) in [6.45, 7) is 9.75. The summed E-state index contributed by atoms with van der Waals surface area (Å²) in [7, 11) is 2.27. The lowest BCUT2D eigenvalue weighted by molar-refractivity contribution is -0.00410. The summed E-state index contributed by atoms with van der Waals surface area (Å²) in [5.74, 6) is 1.21. The van der Waals surface area contributed by atoms with E-state index in [2.05, 4.69) is 37.4 Å². The van der Waals surface area contributed by atoms with Gasteiger partial charge in [0.05, 0.1) is 0 Å². The van der Waals surface area contributed by atoms with Crippen LogP contribution in [0.4, 0.5) is 0 Å². The van der Waals surface area contributed by atoms with Crippen LogP contribution in [0.2, 0.25) is 0 Å². The first-order valence-corrected chi connectivity index (χ1v) is 8.50. The Hall–Kier alpha value is 0.230. The first kappa shape index (κ1) is 16.3. The van der Waals surface area contributed by atoms with Gasteiger partial charge in [-0.05, 0) is 45.0 Å². The molecule has 1 saturated heterocycles. The molecule has 1 atom stereocenters. The van der Waals surface area contributed by atoms with E-state index in [1.165, 1.54) is 25.1 Å². The van der Waals surface area contributed by atoms with Crippen LogP contribution >= 0.6 is 11.8 Å². The maximum absolute atomic E-state index is 5.54. The lowest BCUT2D eigenvalue weighted by Crippen LogP contribution is -2.48. The third-order valence-electron chi connectivity index (χ3n) is 4.05. The summed E-state index contributed by atoms with van der Waals surface area (Å²) in [5, 5.41) is 3.55. The Bertz CT molecular complexity index is 220. The van der Waals surface area contributed by atoms with Crippen LogP contribution < -0.4 is 5.32 Å². The summed E-state index contributed by atoms with van der Waals surface area (Å²) < 4.78 is 5.54. The zero-order valence-corrected chi connectivity index (χ0v) is 13.3. The maximum Gasteiger partial charge on any atom is 0.0472 e. The molecule has 1 heterocycles. The number of ether oxygens (including phenoxy) is 1. The van der Waals surface area contributed by atoms with E-state index in [0.717, 1.165) is 26.3 Å². The molecule has 1 aliphatic rings. The van der Waals surface area contributed by atoms with Gasteiger partial charge in [-0.25, -0.2) is 0 Å². The van der Waals surface area contributed by atoms with Gasteiger partial charge in [0, 0.05) is 38.1 Å². The fraction of sp³-hybridized carbons (Fsp3) is 1.00. The van der Waals surface area contributed by atoms with Gasteiger partial charge in [0.1, 0.15) is 0 Å². The maximum atomic E-state index is 5.54. The molecule has 0 aromatic rings. The second-order valence-electron chi connectivity index (χ2n) is 5.61. The van der Waals surface area contributed by atoms with Crippen LogP contribution in [-0.4, -0.2) is 62.8 Å². The van der Waals surface area contributed by atoms with Gasteiger partial charge in [0.25, 0.3) is 0 Å². The van der Waals surface area contributed by atoms with Crippen molar-refractivity contribution >= 4 is 11.8 Å². The van der Waals surface area contributed by atoms with Crippen molar-refractivity contribution in [3.05, 3.63) is 0 Å². The molecule has 0 amide bonds. The first-order valence-electron chi connectivity index (χ1n) is 7.11. The standard InChI is InChI=1S/C14H30N2OS/c1-5-15-11-14(6-8-17-9-7-14)12-16(3)13(2)10-18-4/h13,15H,5-12H2,1-4H3. The lowest BCUT2D eigenvalue weighted by Gasteiger charge is -2.41. The zero-order chi connectivity index (χ0) is 13.4. The van der Waals surface area contributed by atoms with Crippen LogP contribution in [0.5, 0.6) is 0 Å². The fourth-order valence-electron chi connectivity index (χ4n) is 2.64. The van der Waals surface area contributed by atoms with E-state index in [9.17, 15) is 0 Å². The topological polar surface area (TPSA) is 24.5 Å². The molecular formula is C14H30N2OS. The van der Waals surface area contributed by atoms with Crippen molar-refractivity contribution in [2.45, 2.75) is 32.7 Å². The molecule has 18 heavy (non-hydrogen) atoms. The highest BCUT2D eigenvalue weighted by atomic mass is 32.2. The molecule has 0 aliphatic carbocycles. The summed E-state index contributed by atoms with van der Waals surface area (Å²) >= 11 is 1.93. The van der Waals surface area contributed by atoms with E-state index in [1.807, 2.05) is 11.8 Å². The van der Waals surface area contributed by atoms with E-state index in [4.69, 9.17) is 4.74 Å². The Kier molecular flexibility index (Phi) is 7.61. The van der Waals surface area contributed by atoms with Gasteiger partial charge in [0.2, 0.25) is 0 Å². The Morgan fingerprint density at radius 1 is 1.39 bits per heavy atom. The SMILES string of the molecule is CCNCC1(CN(C)C(C)CSC)CCOCC1. The van der Waals surface area contributed by atoms with Gasteiger partial charge in [-0.3, -0.25) is 0 Å². The van der Waals surface area contributed by atoms with E-state index in [1.54, 1.807) is 0 Å². The molecule has 0 aromatic heterocycles. The average Bonchev–Trinajstić information content (AvgIpc) is 2.38. The number of hydrogen-bond acceptors (Lipinski definition) is 4. The molecule has 4 heteroatoms. The third-order valence-corrected chi connectivity index (χ3v) is 4.86. The molecule has 1 unspecified atom stereocenters. The quantitative estimate of drug-likeness (QED) is 0.732. The van der Waals surface area contributed by atoms with E-state index in [0.29, 0.717) is 11.5 Å². The second-order valence-corrected chi connectivity index (χ2v) is 6.52. The van der Waals surface area contributed by atoms with Gasteiger partial charge >= 0.3 is 0 Å². The molecule has 1 N–H and O–H groups in total. The molecule has 0 radical (unpaired) electrons. The number of rotatable bonds is 8. The zero-order valence-electron chi connectivity index (χ0n) is 12.5. The van der Waals surface area contributed by atoms with Gasteiger partial charge in [0.15, 0.2) is 0 Å². The summed E-state index contributed by atoms with van der Waals surface area (Å²) in [6, 6.07) is 0.654. The Morgan fingerprint density at radius 3 is 2.61 bits per heavy atom. The molecule has 0 aromatic carbocycles. The number of hydrogen-bond donors (Lipinski definition) is 1. The molecule has 1 rings (SSSR count). The van der Waals surface area contributed by atoms with Crippen molar-refractivity contribution in [2.24, 2.45) is 5.41 Å². The minimum atomic E-state index is 0.412. The predicted molar refractivity (Wildman–Crippen MR) is 81.5 cm³/mol. The molecule has 108 valence electrons.